The summed E-state index contributed by atoms with van der Waals surface area (Å²) in [5, 5.41) is 0. The Morgan fingerprint density at radius 2 is 1.59 bits per heavy atom. The Hall–Kier alpha value is -2.17. The van der Waals surface area contributed by atoms with Gasteiger partial charge in [-0.05, 0) is 0 Å². The zero-order valence-electron chi connectivity index (χ0n) is 9.34. The smallest absolute Gasteiger partial charge is 0.294 e. The monoisotopic (exact) mass is 236 g/mol. The molecule has 0 spiro atoms. The first-order valence-corrected chi connectivity index (χ1v) is 5.12. The summed E-state index contributed by atoms with van der Waals surface area (Å²) in [6.07, 6.45) is -0.360. The maximum Gasteiger partial charge on any atom is 0.363 e. The largest absolute Gasteiger partial charge is 0.363 e. The molecular weight excluding hydrogens is 224 g/mol. The number of benzene rings is 1. The third kappa shape index (κ3) is 4.46. The van der Waals surface area contributed by atoms with E-state index in [0.717, 1.165) is 0 Å². The number of hydrogen-bond donors (Lipinski definition) is 0. The van der Waals surface area contributed by atoms with Gasteiger partial charge in [-0.3, -0.25) is 4.79 Å². The lowest BCUT2D eigenvalue weighted by molar-refractivity contribution is -0.258. The molecule has 1 rings (SSSR count). The molecule has 0 aliphatic carbocycles. The van der Waals surface area contributed by atoms with E-state index in [1.165, 1.54) is 0 Å². The van der Waals surface area contributed by atoms with Crippen molar-refractivity contribution in [1.82, 2.24) is 0 Å². The highest BCUT2D eigenvalue weighted by Gasteiger charge is 2.15. The molecule has 5 nitrogen and oxygen atoms in total. The third-order valence-electron chi connectivity index (χ3n) is 1.92. The first kappa shape index (κ1) is 12.9. The Kier molecular flexibility index (Phi) is 4.87. The van der Waals surface area contributed by atoms with Crippen LogP contribution in [-0.2, 0) is 19.4 Å². The Balaban J connectivity index is 2.42. The molecule has 0 amide bonds. The fourth-order valence-corrected chi connectivity index (χ4v) is 1.04. The number of hydrogen-bond acceptors (Lipinski definition) is 5. The van der Waals surface area contributed by atoms with Gasteiger partial charge in [0.1, 0.15) is 6.42 Å². The number of carbonyl (C=O) groups excluding carboxylic acids is 3. The van der Waals surface area contributed by atoms with Gasteiger partial charge in [0, 0.05) is 12.0 Å². The van der Waals surface area contributed by atoms with Crippen molar-refractivity contribution in [2.24, 2.45) is 0 Å². The second-order valence-corrected chi connectivity index (χ2v) is 3.23. The summed E-state index contributed by atoms with van der Waals surface area (Å²) < 4.78 is 0. The minimum Gasteiger partial charge on any atom is -0.294 e. The summed E-state index contributed by atoms with van der Waals surface area (Å²) in [5.74, 6) is -1.94. The highest BCUT2D eigenvalue weighted by Crippen LogP contribution is 2.04. The standard InChI is InChI=1S/C12H12O5/c1-2-11(14)16-17-12(15)8-10(13)9-6-4-3-5-7-9/h3-7H,2,8H2,1H3. The molecule has 0 aromatic heterocycles. The molecule has 0 aliphatic rings. The molecule has 0 atom stereocenters. The van der Waals surface area contributed by atoms with Crippen LogP contribution in [0.25, 0.3) is 0 Å². The Labute approximate surface area is 98.3 Å². The molecule has 1 aromatic rings. The van der Waals surface area contributed by atoms with Gasteiger partial charge in [-0.25, -0.2) is 19.4 Å². The molecule has 0 N–H and O–H groups in total. The lowest BCUT2D eigenvalue weighted by atomic mass is 10.1. The van der Waals surface area contributed by atoms with Crippen LogP contribution in [0.1, 0.15) is 30.1 Å². The SMILES string of the molecule is CCC(=O)OOC(=O)CC(=O)c1ccccc1. The van der Waals surface area contributed by atoms with Crippen LogP contribution in [0.5, 0.6) is 0 Å². The number of rotatable bonds is 4. The van der Waals surface area contributed by atoms with Gasteiger partial charge in [0.2, 0.25) is 0 Å². The summed E-state index contributed by atoms with van der Waals surface area (Å²) in [4.78, 5) is 41.7. The van der Waals surface area contributed by atoms with Crippen molar-refractivity contribution in [3.8, 4) is 0 Å². The molecule has 17 heavy (non-hydrogen) atoms. The van der Waals surface area contributed by atoms with Crippen LogP contribution in [-0.4, -0.2) is 17.7 Å². The Bertz CT molecular complexity index is 410. The summed E-state index contributed by atoms with van der Waals surface area (Å²) in [7, 11) is 0. The van der Waals surface area contributed by atoms with Gasteiger partial charge in [-0.2, -0.15) is 0 Å². The maximum absolute atomic E-state index is 11.5. The van der Waals surface area contributed by atoms with E-state index in [1.807, 2.05) is 0 Å². The highest BCUT2D eigenvalue weighted by molar-refractivity contribution is 6.05. The number of carbonyl (C=O) groups is 3. The van der Waals surface area contributed by atoms with Gasteiger partial charge in [-0.15, -0.1) is 0 Å². The van der Waals surface area contributed by atoms with Crippen LogP contribution in [0, 0.1) is 0 Å². The van der Waals surface area contributed by atoms with Crippen molar-refractivity contribution < 1.29 is 24.2 Å². The van der Waals surface area contributed by atoms with Crippen molar-refractivity contribution in [2.45, 2.75) is 19.8 Å². The van der Waals surface area contributed by atoms with Crippen LogP contribution in [0.3, 0.4) is 0 Å². The topological polar surface area (TPSA) is 69.7 Å². The van der Waals surface area contributed by atoms with Crippen molar-refractivity contribution >= 4 is 17.7 Å². The van der Waals surface area contributed by atoms with Gasteiger partial charge in [0.05, 0.1) is 0 Å². The minimum atomic E-state index is -0.888. The third-order valence-corrected chi connectivity index (χ3v) is 1.92. The van der Waals surface area contributed by atoms with Crippen LogP contribution in [0.4, 0.5) is 0 Å². The average molecular weight is 236 g/mol. The van der Waals surface area contributed by atoms with E-state index in [-0.39, 0.29) is 12.2 Å². The van der Waals surface area contributed by atoms with E-state index in [2.05, 4.69) is 9.78 Å². The molecule has 0 radical (unpaired) electrons. The van der Waals surface area contributed by atoms with Gasteiger partial charge in [0.15, 0.2) is 5.78 Å². The molecule has 5 heteroatoms. The molecule has 0 bridgehead atoms. The van der Waals surface area contributed by atoms with Crippen molar-refractivity contribution in [3.05, 3.63) is 35.9 Å². The second kappa shape index (κ2) is 6.42. The summed E-state index contributed by atoms with van der Waals surface area (Å²) in [5.41, 5.74) is 0.409. The van der Waals surface area contributed by atoms with Gasteiger partial charge in [-0.1, -0.05) is 37.3 Å². The normalized spacial score (nSPS) is 9.47. The summed E-state index contributed by atoms with van der Waals surface area (Å²) in [6, 6.07) is 8.32. The molecule has 0 aliphatic heterocycles. The fraction of sp³-hybridized carbons (Fsp3) is 0.250. The molecule has 1 aromatic carbocycles. The molecule has 0 unspecified atom stereocenters. The zero-order chi connectivity index (χ0) is 12.7. The van der Waals surface area contributed by atoms with Gasteiger partial charge >= 0.3 is 11.9 Å². The van der Waals surface area contributed by atoms with Gasteiger partial charge < -0.3 is 0 Å². The van der Waals surface area contributed by atoms with E-state index in [0.29, 0.717) is 5.56 Å². The predicted octanol–water partition coefficient (Wildman–Crippen LogP) is 1.67. The molecule has 0 saturated carbocycles. The average Bonchev–Trinajstić information content (AvgIpc) is 2.36. The first-order valence-electron chi connectivity index (χ1n) is 5.12. The van der Waals surface area contributed by atoms with Crippen molar-refractivity contribution in [2.75, 3.05) is 0 Å². The van der Waals surface area contributed by atoms with E-state index in [4.69, 9.17) is 0 Å². The van der Waals surface area contributed by atoms with E-state index < -0.39 is 18.4 Å². The van der Waals surface area contributed by atoms with Crippen LogP contribution >= 0.6 is 0 Å². The summed E-state index contributed by atoms with van der Waals surface area (Å²) >= 11 is 0. The van der Waals surface area contributed by atoms with Gasteiger partial charge in [0.25, 0.3) is 0 Å². The minimum absolute atomic E-state index is 0.0971. The molecule has 0 fully saturated rings. The maximum atomic E-state index is 11.5. The fourth-order valence-electron chi connectivity index (χ4n) is 1.04. The van der Waals surface area contributed by atoms with Crippen LogP contribution < -0.4 is 0 Å². The number of ketones is 1. The molecule has 0 saturated heterocycles. The zero-order valence-corrected chi connectivity index (χ0v) is 9.34. The van der Waals surface area contributed by atoms with E-state index in [1.54, 1.807) is 37.3 Å². The van der Waals surface area contributed by atoms with E-state index >= 15 is 0 Å². The second-order valence-electron chi connectivity index (χ2n) is 3.23. The van der Waals surface area contributed by atoms with E-state index in [9.17, 15) is 14.4 Å². The molecule has 90 valence electrons. The Morgan fingerprint density at radius 1 is 1.00 bits per heavy atom. The van der Waals surface area contributed by atoms with Crippen LogP contribution in [0.15, 0.2) is 30.3 Å². The highest BCUT2D eigenvalue weighted by atomic mass is 17.2. The number of Topliss-reactive ketones (excluding diaryl/α,β-unsaturated/α-hetero) is 1. The lowest BCUT2D eigenvalue weighted by Crippen LogP contribution is -2.14. The van der Waals surface area contributed by atoms with Crippen molar-refractivity contribution in [1.29, 1.82) is 0 Å². The van der Waals surface area contributed by atoms with Crippen molar-refractivity contribution in [3.63, 3.8) is 0 Å². The Morgan fingerprint density at radius 3 is 2.18 bits per heavy atom. The summed E-state index contributed by atoms with van der Waals surface area (Å²) in [6.45, 7) is 1.56. The first-order chi connectivity index (χ1) is 8.13. The quantitative estimate of drug-likeness (QED) is 0.344. The molecule has 0 heterocycles. The lowest BCUT2D eigenvalue weighted by Gasteiger charge is -2.01. The van der Waals surface area contributed by atoms with Crippen LogP contribution in [0.2, 0.25) is 0 Å². The predicted molar refractivity (Wildman–Crippen MR) is 57.9 cm³/mol. The molecular formula is C12H12O5.